The van der Waals surface area contributed by atoms with Crippen LogP contribution in [0.3, 0.4) is 0 Å². The number of rotatable bonds is 11. The van der Waals surface area contributed by atoms with E-state index in [1.54, 1.807) is 14.2 Å². The second kappa shape index (κ2) is 11.2. The zero-order valence-electron chi connectivity index (χ0n) is 13.9. The molecule has 0 aliphatic heterocycles. The van der Waals surface area contributed by atoms with Crippen LogP contribution in [0.25, 0.3) is 6.08 Å². The number of ether oxygens (including phenoxy) is 2. The highest BCUT2D eigenvalue weighted by molar-refractivity contribution is 5.55. The van der Waals surface area contributed by atoms with Crippen LogP contribution in [0.15, 0.2) is 24.3 Å². The lowest BCUT2D eigenvalue weighted by Crippen LogP contribution is -1.90. The molecule has 1 rings (SSSR count). The predicted octanol–water partition coefficient (Wildman–Crippen LogP) is 5.86. The molecule has 0 heterocycles. The van der Waals surface area contributed by atoms with Crippen molar-refractivity contribution >= 4 is 6.08 Å². The summed E-state index contributed by atoms with van der Waals surface area (Å²) in [6.07, 6.45) is 15.1. The van der Waals surface area contributed by atoms with Crippen molar-refractivity contribution in [2.24, 2.45) is 0 Å². The minimum Gasteiger partial charge on any atom is -0.493 e. The Balaban J connectivity index is 2.24. The normalized spacial score (nSPS) is 11.0. The van der Waals surface area contributed by atoms with Crippen molar-refractivity contribution < 1.29 is 9.47 Å². The van der Waals surface area contributed by atoms with Gasteiger partial charge in [0.25, 0.3) is 0 Å². The highest BCUT2D eigenvalue weighted by Gasteiger charge is 2.02. The molecular weight excluding hydrogens is 260 g/mol. The lowest BCUT2D eigenvalue weighted by atomic mass is 10.1. The SMILES string of the molecule is CCCCCCCCC/C=C/c1ccc(OC)c(OC)c1. The molecule has 0 bridgehead atoms. The van der Waals surface area contributed by atoms with Crippen molar-refractivity contribution in [2.75, 3.05) is 14.2 Å². The predicted molar refractivity (Wildman–Crippen MR) is 91.2 cm³/mol. The summed E-state index contributed by atoms with van der Waals surface area (Å²) in [4.78, 5) is 0. The summed E-state index contributed by atoms with van der Waals surface area (Å²) in [6.45, 7) is 2.26. The van der Waals surface area contributed by atoms with Crippen LogP contribution in [0.4, 0.5) is 0 Å². The quantitative estimate of drug-likeness (QED) is 0.475. The fraction of sp³-hybridized carbons (Fsp3) is 0.579. The fourth-order valence-corrected chi connectivity index (χ4v) is 2.40. The lowest BCUT2D eigenvalue weighted by Gasteiger charge is -2.07. The summed E-state index contributed by atoms with van der Waals surface area (Å²) >= 11 is 0. The Morgan fingerprint density at radius 1 is 0.857 bits per heavy atom. The van der Waals surface area contributed by atoms with Crippen LogP contribution in [0.2, 0.25) is 0 Å². The Kier molecular flexibility index (Phi) is 9.43. The van der Waals surface area contributed by atoms with E-state index >= 15 is 0 Å². The molecule has 0 spiro atoms. The average Bonchev–Trinajstić information content (AvgIpc) is 2.53. The zero-order chi connectivity index (χ0) is 15.3. The van der Waals surface area contributed by atoms with Crippen LogP contribution >= 0.6 is 0 Å². The van der Waals surface area contributed by atoms with Gasteiger partial charge in [-0.15, -0.1) is 0 Å². The van der Waals surface area contributed by atoms with E-state index in [0.717, 1.165) is 23.5 Å². The van der Waals surface area contributed by atoms with E-state index in [2.05, 4.69) is 25.1 Å². The third-order valence-corrected chi connectivity index (χ3v) is 3.69. The molecule has 0 radical (unpaired) electrons. The standard InChI is InChI=1S/C19H30O2/c1-4-5-6-7-8-9-10-11-12-13-17-14-15-18(20-2)19(16-17)21-3/h12-16H,4-11H2,1-3H3/b13-12+. The van der Waals surface area contributed by atoms with Gasteiger partial charge in [0.1, 0.15) is 0 Å². The van der Waals surface area contributed by atoms with E-state index < -0.39 is 0 Å². The van der Waals surface area contributed by atoms with Crippen molar-refractivity contribution in [1.82, 2.24) is 0 Å². The van der Waals surface area contributed by atoms with E-state index in [9.17, 15) is 0 Å². The molecule has 2 heteroatoms. The molecule has 0 saturated heterocycles. The van der Waals surface area contributed by atoms with Crippen LogP contribution in [0.5, 0.6) is 11.5 Å². The molecule has 1 aromatic carbocycles. The van der Waals surface area contributed by atoms with Gasteiger partial charge in [-0.25, -0.2) is 0 Å². The van der Waals surface area contributed by atoms with Gasteiger partial charge in [-0.2, -0.15) is 0 Å². The minimum absolute atomic E-state index is 0.779. The van der Waals surface area contributed by atoms with Crippen molar-refractivity contribution in [2.45, 2.75) is 58.3 Å². The number of allylic oxidation sites excluding steroid dienone is 1. The Morgan fingerprint density at radius 2 is 1.52 bits per heavy atom. The number of benzene rings is 1. The topological polar surface area (TPSA) is 18.5 Å². The van der Waals surface area contributed by atoms with Crippen molar-refractivity contribution in [3.63, 3.8) is 0 Å². The largest absolute Gasteiger partial charge is 0.493 e. The summed E-state index contributed by atoms with van der Waals surface area (Å²) in [5.74, 6) is 1.57. The summed E-state index contributed by atoms with van der Waals surface area (Å²) in [7, 11) is 3.33. The Labute approximate surface area is 130 Å². The monoisotopic (exact) mass is 290 g/mol. The first-order valence-electron chi connectivity index (χ1n) is 8.20. The van der Waals surface area contributed by atoms with E-state index in [1.807, 2.05) is 12.1 Å². The van der Waals surface area contributed by atoms with Gasteiger partial charge < -0.3 is 9.47 Å². The van der Waals surface area contributed by atoms with E-state index in [0.29, 0.717) is 0 Å². The maximum atomic E-state index is 5.31. The van der Waals surface area contributed by atoms with Gasteiger partial charge >= 0.3 is 0 Å². The molecule has 21 heavy (non-hydrogen) atoms. The highest BCUT2D eigenvalue weighted by Crippen LogP contribution is 2.28. The summed E-state index contributed by atoms with van der Waals surface area (Å²) in [5.41, 5.74) is 1.16. The summed E-state index contributed by atoms with van der Waals surface area (Å²) < 4.78 is 10.5. The first kappa shape index (κ1) is 17.6. The maximum Gasteiger partial charge on any atom is 0.161 e. The zero-order valence-corrected chi connectivity index (χ0v) is 13.9. The molecule has 0 unspecified atom stereocenters. The number of hydrogen-bond acceptors (Lipinski definition) is 2. The molecule has 0 atom stereocenters. The van der Waals surface area contributed by atoms with E-state index in [-0.39, 0.29) is 0 Å². The van der Waals surface area contributed by atoms with Gasteiger partial charge in [-0.3, -0.25) is 0 Å². The van der Waals surface area contributed by atoms with Crippen molar-refractivity contribution in [3.8, 4) is 11.5 Å². The Bertz CT molecular complexity index is 410. The first-order valence-corrected chi connectivity index (χ1v) is 8.20. The molecule has 1 aromatic rings. The third-order valence-electron chi connectivity index (χ3n) is 3.69. The molecular formula is C19H30O2. The lowest BCUT2D eigenvalue weighted by molar-refractivity contribution is 0.355. The molecule has 0 aromatic heterocycles. The van der Waals surface area contributed by atoms with Gasteiger partial charge in [0.15, 0.2) is 11.5 Å². The Morgan fingerprint density at radius 3 is 2.19 bits per heavy atom. The van der Waals surface area contributed by atoms with Gasteiger partial charge in [0.2, 0.25) is 0 Å². The van der Waals surface area contributed by atoms with Crippen LogP contribution in [0, 0.1) is 0 Å². The molecule has 118 valence electrons. The maximum absolute atomic E-state index is 5.31. The van der Waals surface area contributed by atoms with E-state index in [4.69, 9.17) is 9.47 Å². The fourth-order valence-electron chi connectivity index (χ4n) is 2.40. The van der Waals surface area contributed by atoms with Gasteiger partial charge in [-0.05, 0) is 30.5 Å². The molecule has 0 saturated carbocycles. The number of hydrogen-bond donors (Lipinski definition) is 0. The second-order valence-corrected chi connectivity index (χ2v) is 5.43. The molecule has 0 aliphatic carbocycles. The van der Waals surface area contributed by atoms with Crippen LogP contribution in [0.1, 0.15) is 63.9 Å². The van der Waals surface area contributed by atoms with Gasteiger partial charge in [0.05, 0.1) is 14.2 Å². The summed E-state index contributed by atoms with van der Waals surface area (Å²) in [5, 5.41) is 0. The molecule has 0 amide bonds. The third kappa shape index (κ3) is 7.22. The molecule has 0 N–H and O–H groups in total. The van der Waals surface area contributed by atoms with Gasteiger partial charge in [0, 0.05) is 0 Å². The number of unbranched alkanes of at least 4 members (excludes halogenated alkanes) is 7. The van der Waals surface area contributed by atoms with E-state index in [1.165, 1.54) is 44.9 Å². The van der Waals surface area contributed by atoms with Crippen molar-refractivity contribution in [1.29, 1.82) is 0 Å². The van der Waals surface area contributed by atoms with Crippen molar-refractivity contribution in [3.05, 3.63) is 29.8 Å². The van der Waals surface area contributed by atoms with Crippen LogP contribution in [-0.2, 0) is 0 Å². The molecule has 0 fully saturated rings. The van der Waals surface area contributed by atoms with Crippen LogP contribution < -0.4 is 9.47 Å². The van der Waals surface area contributed by atoms with Crippen LogP contribution in [-0.4, -0.2) is 14.2 Å². The second-order valence-electron chi connectivity index (χ2n) is 5.43. The molecule has 2 nitrogen and oxygen atoms in total. The minimum atomic E-state index is 0.779. The summed E-state index contributed by atoms with van der Waals surface area (Å²) in [6, 6.07) is 6.02. The first-order chi connectivity index (χ1) is 10.3. The average molecular weight is 290 g/mol. The molecule has 0 aliphatic rings. The number of methoxy groups -OCH3 is 2. The van der Waals surface area contributed by atoms with Gasteiger partial charge in [-0.1, -0.05) is 63.7 Å². The highest BCUT2D eigenvalue weighted by atomic mass is 16.5. The Hall–Kier alpha value is -1.44. The smallest absolute Gasteiger partial charge is 0.161 e.